The van der Waals surface area contributed by atoms with Gasteiger partial charge in [-0.2, -0.15) is 0 Å². The molecule has 0 aromatic heterocycles. The fraction of sp³-hybridized carbons (Fsp3) is 0.583. The van der Waals surface area contributed by atoms with E-state index in [9.17, 15) is 14.4 Å². The molecule has 2 heterocycles. The van der Waals surface area contributed by atoms with Crippen molar-refractivity contribution in [2.24, 2.45) is 5.73 Å². The summed E-state index contributed by atoms with van der Waals surface area (Å²) in [6.07, 6.45) is 0.818. The number of ether oxygens (including phenoxy) is 2. The SMILES string of the molecule is CCC(=O)OC(C)OC(=O)C1=CCS[C@@H]2C(N)C(=O)N12. The summed E-state index contributed by atoms with van der Waals surface area (Å²) in [5.74, 6) is -0.871. The Labute approximate surface area is 120 Å². The maximum atomic E-state index is 12.0. The zero-order valence-corrected chi connectivity index (χ0v) is 12.0. The molecule has 1 fully saturated rings. The highest BCUT2D eigenvalue weighted by Gasteiger charge is 2.50. The molecule has 20 heavy (non-hydrogen) atoms. The molecule has 2 aliphatic rings. The summed E-state index contributed by atoms with van der Waals surface area (Å²) in [4.78, 5) is 36.1. The number of thioether (sulfide) groups is 1. The van der Waals surface area contributed by atoms with E-state index >= 15 is 0 Å². The van der Waals surface area contributed by atoms with Gasteiger partial charge in [-0.05, 0) is 6.08 Å². The van der Waals surface area contributed by atoms with Crippen LogP contribution in [0.1, 0.15) is 20.3 Å². The maximum Gasteiger partial charge on any atom is 0.357 e. The molecular weight excluding hydrogens is 284 g/mol. The fourth-order valence-corrected chi connectivity index (χ4v) is 3.07. The van der Waals surface area contributed by atoms with Crippen LogP contribution in [0, 0.1) is 0 Å². The molecule has 0 radical (unpaired) electrons. The monoisotopic (exact) mass is 300 g/mol. The highest BCUT2D eigenvalue weighted by atomic mass is 32.2. The highest BCUT2D eigenvalue weighted by Crippen LogP contribution is 2.36. The molecule has 8 heteroatoms. The summed E-state index contributed by atoms with van der Waals surface area (Å²) >= 11 is 1.49. The molecule has 3 atom stereocenters. The smallest absolute Gasteiger partial charge is 0.357 e. The van der Waals surface area contributed by atoms with Gasteiger partial charge in [-0.3, -0.25) is 14.5 Å². The Bertz CT molecular complexity index is 478. The van der Waals surface area contributed by atoms with Crippen LogP contribution in [-0.4, -0.2) is 46.2 Å². The fourth-order valence-electron chi connectivity index (χ4n) is 1.93. The Morgan fingerprint density at radius 3 is 2.90 bits per heavy atom. The number of fused-ring (bicyclic) bond motifs is 1. The first-order valence-corrected chi connectivity index (χ1v) is 7.31. The zero-order valence-electron chi connectivity index (χ0n) is 11.2. The standard InChI is InChI=1S/C12H16N2O5S/c1-3-8(15)18-6(2)19-12(17)7-4-5-20-11-9(13)10(16)14(7)11/h4,6,9,11H,3,5,13H2,1-2H3/t6?,9?,11-/m1/s1. The summed E-state index contributed by atoms with van der Waals surface area (Å²) in [5, 5.41) is -0.219. The van der Waals surface area contributed by atoms with Crippen LogP contribution in [0.3, 0.4) is 0 Å². The van der Waals surface area contributed by atoms with Crippen LogP contribution in [0.4, 0.5) is 0 Å². The van der Waals surface area contributed by atoms with Crippen LogP contribution >= 0.6 is 11.8 Å². The predicted molar refractivity (Wildman–Crippen MR) is 71.1 cm³/mol. The van der Waals surface area contributed by atoms with Gasteiger partial charge in [0.05, 0.1) is 0 Å². The van der Waals surface area contributed by atoms with Crippen molar-refractivity contribution < 1.29 is 23.9 Å². The predicted octanol–water partition coefficient (Wildman–Crippen LogP) is -0.0449. The second kappa shape index (κ2) is 5.84. The molecule has 0 bridgehead atoms. The number of carbonyl (C=O) groups is 3. The third kappa shape index (κ3) is 2.66. The van der Waals surface area contributed by atoms with Crippen LogP contribution < -0.4 is 5.73 Å². The first-order chi connectivity index (χ1) is 9.45. The number of nitrogens with zero attached hydrogens (tertiary/aromatic N) is 1. The summed E-state index contributed by atoms with van der Waals surface area (Å²) < 4.78 is 9.85. The third-order valence-electron chi connectivity index (χ3n) is 2.96. The number of rotatable bonds is 4. The zero-order chi connectivity index (χ0) is 14.9. The Hall–Kier alpha value is -1.54. The molecule has 0 aliphatic carbocycles. The van der Waals surface area contributed by atoms with Crippen LogP contribution in [0.5, 0.6) is 0 Å². The maximum absolute atomic E-state index is 12.0. The van der Waals surface area contributed by atoms with Gasteiger partial charge in [0.25, 0.3) is 0 Å². The van der Waals surface area contributed by atoms with Crippen molar-refractivity contribution in [3.05, 3.63) is 11.8 Å². The van der Waals surface area contributed by atoms with E-state index in [4.69, 9.17) is 15.2 Å². The number of β-lactam (4-membered cyclic amide) rings is 1. The van der Waals surface area contributed by atoms with Gasteiger partial charge >= 0.3 is 11.9 Å². The molecular formula is C12H16N2O5S. The molecule has 2 rings (SSSR count). The minimum atomic E-state index is -0.992. The van der Waals surface area contributed by atoms with Crippen molar-refractivity contribution in [3.63, 3.8) is 0 Å². The number of carbonyl (C=O) groups excluding carboxylic acids is 3. The van der Waals surface area contributed by atoms with Gasteiger partial charge in [0.1, 0.15) is 17.1 Å². The van der Waals surface area contributed by atoms with Crippen LogP contribution in [-0.2, 0) is 23.9 Å². The summed E-state index contributed by atoms with van der Waals surface area (Å²) in [7, 11) is 0. The van der Waals surface area contributed by atoms with Crippen molar-refractivity contribution in [2.75, 3.05) is 5.75 Å². The van der Waals surface area contributed by atoms with E-state index < -0.39 is 24.3 Å². The first-order valence-electron chi connectivity index (χ1n) is 6.26. The van der Waals surface area contributed by atoms with E-state index in [1.807, 2.05) is 0 Å². The number of hydrogen-bond donors (Lipinski definition) is 1. The number of esters is 2. The Morgan fingerprint density at radius 1 is 1.55 bits per heavy atom. The Kier molecular flexibility index (Phi) is 4.34. The van der Waals surface area contributed by atoms with E-state index in [2.05, 4.69) is 0 Å². The van der Waals surface area contributed by atoms with Gasteiger partial charge < -0.3 is 15.2 Å². The van der Waals surface area contributed by atoms with E-state index in [1.165, 1.54) is 23.6 Å². The normalized spacial score (nSPS) is 26.1. The lowest BCUT2D eigenvalue weighted by molar-refractivity contribution is -0.183. The lowest BCUT2D eigenvalue weighted by Crippen LogP contribution is -2.68. The Morgan fingerprint density at radius 2 is 2.25 bits per heavy atom. The minimum Gasteiger partial charge on any atom is -0.425 e. The molecule has 7 nitrogen and oxygen atoms in total. The average Bonchev–Trinajstić information content (AvgIpc) is 2.45. The molecule has 110 valence electrons. The lowest BCUT2D eigenvalue weighted by atomic mass is 10.1. The van der Waals surface area contributed by atoms with Gasteiger partial charge in [-0.15, -0.1) is 11.8 Å². The van der Waals surface area contributed by atoms with Crippen molar-refractivity contribution in [2.45, 2.75) is 38.0 Å². The molecule has 2 N–H and O–H groups in total. The lowest BCUT2D eigenvalue weighted by Gasteiger charge is -2.46. The molecule has 2 aliphatic heterocycles. The quantitative estimate of drug-likeness (QED) is 0.441. The van der Waals surface area contributed by atoms with Crippen molar-refractivity contribution in [1.82, 2.24) is 4.90 Å². The largest absolute Gasteiger partial charge is 0.425 e. The van der Waals surface area contributed by atoms with Crippen molar-refractivity contribution in [3.8, 4) is 0 Å². The summed E-state index contributed by atoms with van der Waals surface area (Å²) in [6, 6.07) is -0.577. The highest BCUT2D eigenvalue weighted by molar-refractivity contribution is 8.00. The Balaban J connectivity index is 1.97. The van der Waals surface area contributed by atoms with E-state index in [0.29, 0.717) is 5.75 Å². The number of nitrogens with two attached hydrogens (primary N) is 1. The van der Waals surface area contributed by atoms with Crippen molar-refractivity contribution >= 4 is 29.6 Å². The van der Waals surface area contributed by atoms with Crippen LogP contribution in [0.15, 0.2) is 11.8 Å². The first kappa shape index (κ1) is 14.9. The van der Waals surface area contributed by atoms with Gasteiger partial charge in [0.2, 0.25) is 12.2 Å². The number of amides is 1. The molecule has 0 aromatic rings. The molecule has 0 saturated carbocycles. The molecule has 0 aromatic carbocycles. The summed E-state index contributed by atoms with van der Waals surface area (Å²) in [5.41, 5.74) is 5.83. The van der Waals surface area contributed by atoms with Gasteiger partial charge in [-0.1, -0.05) is 6.92 Å². The minimum absolute atomic E-state index is 0.167. The molecule has 0 spiro atoms. The topological polar surface area (TPSA) is 98.9 Å². The molecule has 1 saturated heterocycles. The third-order valence-corrected chi connectivity index (χ3v) is 4.16. The van der Waals surface area contributed by atoms with E-state index in [-0.39, 0.29) is 23.4 Å². The van der Waals surface area contributed by atoms with E-state index in [1.54, 1.807) is 13.0 Å². The van der Waals surface area contributed by atoms with Crippen LogP contribution in [0.2, 0.25) is 0 Å². The van der Waals surface area contributed by atoms with Gasteiger partial charge in [0.15, 0.2) is 0 Å². The van der Waals surface area contributed by atoms with Crippen LogP contribution in [0.25, 0.3) is 0 Å². The second-order valence-corrected chi connectivity index (χ2v) is 5.51. The van der Waals surface area contributed by atoms with E-state index in [0.717, 1.165) is 0 Å². The van der Waals surface area contributed by atoms with Crippen molar-refractivity contribution in [1.29, 1.82) is 0 Å². The van der Waals surface area contributed by atoms with Gasteiger partial charge in [-0.25, -0.2) is 4.79 Å². The number of hydrogen-bond acceptors (Lipinski definition) is 7. The van der Waals surface area contributed by atoms with Gasteiger partial charge in [0, 0.05) is 19.1 Å². The molecule has 2 unspecified atom stereocenters. The average molecular weight is 300 g/mol. The molecule has 1 amide bonds. The summed E-state index contributed by atoms with van der Waals surface area (Å²) in [6.45, 7) is 3.09. The second-order valence-electron chi connectivity index (χ2n) is 4.36.